The first-order valence-corrected chi connectivity index (χ1v) is 7.74. The molecule has 0 bridgehead atoms. The average molecular weight is 280 g/mol. The molecule has 1 aromatic rings. The van der Waals surface area contributed by atoms with E-state index in [0.717, 1.165) is 51.5 Å². The molecule has 2 heterocycles. The summed E-state index contributed by atoms with van der Waals surface area (Å²) in [7, 11) is 0. The Bertz CT molecular complexity index is 389. The normalized spacial score (nSPS) is 18.6. The molecule has 2 rings (SSSR count). The zero-order valence-corrected chi connectivity index (χ0v) is 12.8. The van der Waals surface area contributed by atoms with Crippen molar-refractivity contribution in [1.29, 1.82) is 0 Å². The summed E-state index contributed by atoms with van der Waals surface area (Å²) in [6.07, 6.45) is 3.99. The molecule has 0 amide bonds. The maximum absolute atomic E-state index is 5.59. The molecule has 1 saturated heterocycles. The van der Waals surface area contributed by atoms with Crippen LogP contribution >= 0.6 is 0 Å². The minimum atomic E-state index is 0.375. The molecule has 0 aromatic carbocycles. The van der Waals surface area contributed by atoms with Gasteiger partial charge in [0.25, 0.3) is 0 Å². The molecule has 6 heteroatoms. The quantitative estimate of drug-likeness (QED) is 0.832. The van der Waals surface area contributed by atoms with Gasteiger partial charge in [0.1, 0.15) is 12.2 Å². The third-order valence-electron chi connectivity index (χ3n) is 3.86. The van der Waals surface area contributed by atoms with Crippen LogP contribution in [0.4, 0.5) is 0 Å². The summed E-state index contributed by atoms with van der Waals surface area (Å²) in [6.45, 7) is 11.7. The van der Waals surface area contributed by atoms with E-state index < -0.39 is 0 Å². The Morgan fingerprint density at radius 2 is 1.95 bits per heavy atom. The molecular weight excluding hydrogens is 252 g/mol. The standard InChI is InChI=1S/C14H28N6/c1-13(2)20-14(16-12-17-20)11-19-8-4-7-18(9-10-19)6-3-5-15/h12-13H,3-11,15H2,1-2H3. The fraction of sp³-hybridized carbons (Fsp3) is 0.857. The van der Waals surface area contributed by atoms with Crippen molar-refractivity contribution in [2.75, 3.05) is 39.3 Å². The predicted octanol–water partition coefficient (Wildman–Crippen LogP) is 0.716. The Kier molecular flexibility index (Phi) is 5.94. The van der Waals surface area contributed by atoms with Gasteiger partial charge in [-0.15, -0.1) is 0 Å². The smallest absolute Gasteiger partial charge is 0.141 e. The summed E-state index contributed by atoms with van der Waals surface area (Å²) in [4.78, 5) is 9.43. The Morgan fingerprint density at radius 1 is 1.20 bits per heavy atom. The highest BCUT2D eigenvalue weighted by molar-refractivity contribution is 4.87. The van der Waals surface area contributed by atoms with Crippen LogP contribution in [0.1, 0.15) is 38.6 Å². The maximum Gasteiger partial charge on any atom is 0.141 e. The van der Waals surface area contributed by atoms with Crippen molar-refractivity contribution in [3.05, 3.63) is 12.2 Å². The number of hydrogen-bond donors (Lipinski definition) is 1. The first kappa shape index (κ1) is 15.4. The molecule has 114 valence electrons. The van der Waals surface area contributed by atoms with E-state index in [9.17, 15) is 0 Å². The summed E-state index contributed by atoms with van der Waals surface area (Å²) < 4.78 is 2.02. The van der Waals surface area contributed by atoms with Crippen molar-refractivity contribution in [3.8, 4) is 0 Å². The highest BCUT2D eigenvalue weighted by atomic mass is 15.4. The summed E-state index contributed by atoms with van der Waals surface area (Å²) in [6, 6.07) is 0.375. The summed E-state index contributed by atoms with van der Waals surface area (Å²) >= 11 is 0. The Balaban J connectivity index is 1.86. The molecule has 0 atom stereocenters. The third-order valence-corrected chi connectivity index (χ3v) is 3.86. The first-order valence-electron chi connectivity index (χ1n) is 7.74. The van der Waals surface area contributed by atoms with E-state index in [1.54, 1.807) is 6.33 Å². The molecule has 1 aromatic heterocycles. The van der Waals surface area contributed by atoms with Crippen LogP contribution in [0.15, 0.2) is 6.33 Å². The molecular formula is C14H28N6. The van der Waals surface area contributed by atoms with Crippen molar-refractivity contribution in [1.82, 2.24) is 24.6 Å². The number of nitrogens with zero attached hydrogens (tertiary/aromatic N) is 5. The van der Waals surface area contributed by atoms with Gasteiger partial charge in [-0.05, 0) is 52.9 Å². The van der Waals surface area contributed by atoms with Crippen LogP contribution in [0, 0.1) is 0 Å². The van der Waals surface area contributed by atoms with E-state index in [-0.39, 0.29) is 0 Å². The highest BCUT2D eigenvalue weighted by Gasteiger charge is 2.17. The molecule has 2 N–H and O–H groups in total. The van der Waals surface area contributed by atoms with Crippen molar-refractivity contribution < 1.29 is 0 Å². The molecule has 0 spiro atoms. The summed E-state index contributed by atoms with van der Waals surface area (Å²) in [5.74, 6) is 1.08. The Morgan fingerprint density at radius 3 is 2.70 bits per heavy atom. The Labute approximate surface area is 121 Å². The van der Waals surface area contributed by atoms with Gasteiger partial charge < -0.3 is 10.6 Å². The van der Waals surface area contributed by atoms with Crippen molar-refractivity contribution >= 4 is 0 Å². The second kappa shape index (κ2) is 7.71. The fourth-order valence-corrected chi connectivity index (χ4v) is 2.74. The lowest BCUT2D eigenvalue weighted by Crippen LogP contribution is -2.32. The van der Waals surface area contributed by atoms with Crippen LogP contribution in [-0.2, 0) is 6.54 Å². The van der Waals surface area contributed by atoms with Gasteiger partial charge in [-0.1, -0.05) is 0 Å². The van der Waals surface area contributed by atoms with E-state index in [2.05, 4.69) is 33.7 Å². The largest absolute Gasteiger partial charge is 0.330 e. The topological polar surface area (TPSA) is 63.2 Å². The number of aromatic nitrogens is 3. The van der Waals surface area contributed by atoms with E-state index >= 15 is 0 Å². The van der Waals surface area contributed by atoms with E-state index in [0.29, 0.717) is 6.04 Å². The van der Waals surface area contributed by atoms with Crippen LogP contribution in [-0.4, -0.2) is 63.8 Å². The van der Waals surface area contributed by atoms with Crippen molar-refractivity contribution in [2.24, 2.45) is 5.73 Å². The number of nitrogens with two attached hydrogens (primary N) is 1. The second-order valence-corrected chi connectivity index (χ2v) is 5.83. The minimum absolute atomic E-state index is 0.375. The Hall–Kier alpha value is -0.980. The predicted molar refractivity (Wildman–Crippen MR) is 80.4 cm³/mol. The molecule has 0 radical (unpaired) electrons. The van der Waals surface area contributed by atoms with Crippen LogP contribution in [0.2, 0.25) is 0 Å². The maximum atomic E-state index is 5.59. The highest BCUT2D eigenvalue weighted by Crippen LogP contribution is 2.10. The van der Waals surface area contributed by atoms with E-state index in [4.69, 9.17) is 5.73 Å². The average Bonchev–Trinajstić information content (AvgIpc) is 2.77. The van der Waals surface area contributed by atoms with Crippen molar-refractivity contribution in [2.45, 2.75) is 39.3 Å². The number of hydrogen-bond acceptors (Lipinski definition) is 5. The minimum Gasteiger partial charge on any atom is -0.330 e. The van der Waals surface area contributed by atoms with Crippen LogP contribution in [0.25, 0.3) is 0 Å². The SMILES string of the molecule is CC(C)n1ncnc1CN1CCCN(CCCN)CC1. The molecule has 0 saturated carbocycles. The summed E-state index contributed by atoms with van der Waals surface area (Å²) in [5, 5.41) is 4.31. The zero-order chi connectivity index (χ0) is 14.4. The monoisotopic (exact) mass is 280 g/mol. The fourth-order valence-electron chi connectivity index (χ4n) is 2.74. The molecule has 20 heavy (non-hydrogen) atoms. The third kappa shape index (κ3) is 4.26. The van der Waals surface area contributed by atoms with Crippen LogP contribution < -0.4 is 5.73 Å². The van der Waals surface area contributed by atoms with Crippen LogP contribution in [0.3, 0.4) is 0 Å². The number of rotatable bonds is 6. The van der Waals surface area contributed by atoms with Gasteiger partial charge >= 0.3 is 0 Å². The lowest BCUT2D eigenvalue weighted by Gasteiger charge is -2.21. The molecule has 0 aliphatic carbocycles. The zero-order valence-electron chi connectivity index (χ0n) is 12.8. The van der Waals surface area contributed by atoms with E-state index in [1.165, 1.54) is 13.0 Å². The van der Waals surface area contributed by atoms with Gasteiger partial charge in [0, 0.05) is 19.1 Å². The second-order valence-electron chi connectivity index (χ2n) is 5.83. The lowest BCUT2D eigenvalue weighted by atomic mass is 10.3. The van der Waals surface area contributed by atoms with Gasteiger partial charge in [-0.3, -0.25) is 4.90 Å². The van der Waals surface area contributed by atoms with Gasteiger partial charge in [0.2, 0.25) is 0 Å². The lowest BCUT2D eigenvalue weighted by molar-refractivity contribution is 0.242. The van der Waals surface area contributed by atoms with Crippen molar-refractivity contribution in [3.63, 3.8) is 0 Å². The van der Waals surface area contributed by atoms with Gasteiger partial charge in [-0.25, -0.2) is 9.67 Å². The van der Waals surface area contributed by atoms with Gasteiger partial charge in [0.05, 0.1) is 6.54 Å². The molecule has 1 aliphatic rings. The van der Waals surface area contributed by atoms with Gasteiger partial charge in [0.15, 0.2) is 0 Å². The summed E-state index contributed by atoms with van der Waals surface area (Å²) in [5.41, 5.74) is 5.59. The van der Waals surface area contributed by atoms with Gasteiger partial charge in [-0.2, -0.15) is 5.10 Å². The molecule has 1 aliphatic heterocycles. The molecule has 0 unspecified atom stereocenters. The van der Waals surface area contributed by atoms with E-state index in [1.807, 2.05) is 4.68 Å². The first-order chi connectivity index (χ1) is 9.70. The van der Waals surface area contributed by atoms with Crippen LogP contribution in [0.5, 0.6) is 0 Å². The molecule has 6 nitrogen and oxygen atoms in total. The molecule has 1 fully saturated rings.